The Balaban J connectivity index is 1.72. The lowest BCUT2D eigenvalue weighted by Gasteiger charge is -2.09. The zero-order chi connectivity index (χ0) is 17.3. The van der Waals surface area contributed by atoms with Gasteiger partial charge in [0.25, 0.3) is 15.9 Å². The monoisotopic (exact) mass is 349 g/mol. The standard InChI is InChI=1S/C15H12FN3O4S/c16-11-3-1-9(2-4-11)15(21)18-19-24(22,23)12-5-6-13-10(7-12)8-14(20)17-13/h1-7,19H,8H2,(H,17,20)(H,18,21). The second-order valence-electron chi connectivity index (χ2n) is 5.11. The second kappa shape index (κ2) is 6.02. The van der Waals surface area contributed by atoms with Crippen LogP contribution in [0.5, 0.6) is 0 Å². The van der Waals surface area contributed by atoms with Crippen LogP contribution in [0.3, 0.4) is 0 Å². The van der Waals surface area contributed by atoms with Gasteiger partial charge in [0.05, 0.1) is 11.3 Å². The Morgan fingerprint density at radius 2 is 1.83 bits per heavy atom. The number of hydrazine groups is 1. The quantitative estimate of drug-likeness (QED) is 0.715. The first kappa shape index (κ1) is 16.1. The van der Waals surface area contributed by atoms with Gasteiger partial charge in [-0.2, -0.15) is 0 Å². The van der Waals surface area contributed by atoms with Gasteiger partial charge < -0.3 is 5.32 Å². The van der Waals surface area contributed by atoms with E-state index in [1.165, 1.54) is 30.3 Å². The summed E-state index contributed by atoms with van der Waals surface area (Å²) in [5.41, 5.74) is 3.28. The molecule has 9 heteroatoms. The summed E-state index contributed by atoms with van der Waals surface area (Å²) in [5.74, 6) is -1.44. The summed E-state index contributed by atoms with van der Waals surface area (Å²) >= 11 is 0. The zero-order valence-electron chi connectivity index (χ0n) is 12.2. The Morgan fingerprint density at radius 3 is 2.54 bits per heavy atom. The van der Waals surface area contributed by atoms with Crippen molar-refractivity contribution in [3.8, 4) is 0 Å². The molecule has 0 saturated carbocycles. The predicted octanol–water partition coefficient (Wildman–Crippen LogP) is 0.944. The Morgan fingerprint density at radius 1 is 1.12 bits per heavy atom. The average Bonchev–Trinajstić information content (AvgIpc) is 2.92. The number of rotatable bonds is 4. The molecule has 3 rings (SSSR count). The third-order valence-electron chi connectivity index (χ3n) is 3.42. The van der Waals surface area contributed by atoms with Gasteiger partial charge in [-0.25, -0.2) is 12.8 Å². The smallest absolute Gasteiger partial charge is 0.266 e. The molecular weight excluding hydrogens is 337 g/mol. The van der Waals surface area contributed by atoms with Gasteiger partial charge in [-0.3, -0.25) is 15.0 Å². The molecular formula is C15H12FN3O4S. The van der Waals surface area contributed by atoms with Crippen molar-refractivity contribution < 1.29 is 22.4 Å². The highest BCUT2D eigenvalue weighted by Gasteiger charge is 2.22. The molecule has 0 radical (unpaired) electrons. The maximum Gasteiger partial charge on any atom is 0.266 e. The summed E-state index contributed by atoms with van der Waals surface area (Å²) in [7, 11) is -4.01. The maximum atomic E-state index is 12.8. The number of nitrogens with one attached hydrogen (secondary N) is 3. The van der Waals surface area contributed by atoms with Crippen molar-refractivity contribution in [2.75, 3.05) is 5.32 Å². The molecule has 0 aromatic heterocycles. The van der Waals surface area contributed by atoms with Crippen LogP contribution in [0.15, 0.2) is 47.4 Å². The fraction of sp³-hybridized carbons (Fsp3) is 0.0667. The van der Waals surface area contributed by atoms with Crippen LogP contribution >= 0.6 is 0 Å². The number of carbonyl (C=O) groups is 2. The number of halogens is 1. The highest BCUT2D eigenvalue weighted by atomic mass is 32.2. The first-order chi connectivity index (χ1) is 11.3. The molecule has 3 N–H and O–H groups in total. The minimum absolute atomic E-state index is 0.0860. The van der Waals surface area contributed by atoms with Crippen LogP contribution < -0.4 is 15.6 Å². The molecule has 2 aromatic carbocycles. The molecule has 0 spiro atoms. The highest BCUT2D eigenvalue weighted by Crippen LogP contribution is 2.25. The first-order valence-corrected chi connectivity index (χ1v) is 8.34. The van der Waals surface area contributed by atoms with E-state index in [2.05, 4.69) is 10.7 Å². The molecule has 0 fully saturated rings. The van der Waals surface area contributed by atoms with Crippen LogP contribution in [0.4, 0.5) is 10.1 Å². The van der Waals surface area contributed by atoms with Crippen molar-refractivity contribution >= 4 is 27.5 Å². The molecule has 0 unspecified atom stereocenters. The third-order valence-corrected chi connectivity index (χ3v) is 4.66. The summed E-state index contributed by atoms with van der Waals surface area (Å²) < 4.78 is 37.2. The molecule has 24 heavy (non-hydrogen) atoms. The molecule has 0 aliphatic carbocycles. The third kappa shape index (κ3) is 3.26. The van der Waals surface area contributed by atoms with E-state index in [-0.39, 0.29) is 22.8 Å². The lowest BCUT2D eigenvalue weighted by atomic mass is 10.2. The van der Waals surface area contributed by atoms with Gasteiger partial charge in [0.2, 0.25) is 5.91 Å². The van der Waals surface area contributed by atoms with Crippen molar-refractivity contribution in [1.82, 2.24) is 10.3 Å². The zero-order valence-corrected chi connectivity index (χ0v) is 13.0. The molecule has 124 valence electrons. The Kier molecular flexibility index (Phi) is 4.04. The number of sulfonamides is 1. The SMILES string of the molecule is O=C1Cc2cc(S(=O)(=O)NNC(=O)c3ccc(F)cc3)ccc2N1. The normalized spacial score (nSPS) is 13.3. The molecule has 7 nitrogen and oxygen atoms in total. The first-order valence-electron chi connectivity index (χ1n) is 6.86. The number of amides is 2. The highest BCUT2D eigenvalue weighted by molar-refractivity contribution is 7.89. The molecule has 1 aliphatic heterocycles. The van der Waals surface area contributed by atoms with E-state index in [1.54, 1.807) is 0 Å². The van der Waals surface area contributed by atoms with Gasteiger partial charge in [-0.15, -0.1) is 4.83 Å². The van der Waals surface area contributed by atoms with Crippen LogP contribution in [0.25, 0.3) is 0 Å². The minimum atomic E-state index is -4.01. The number of fused-ring (bicyclic) bond motifs is 1. The summed E-state index contributed by atoms with van der Waals surface area (Å²) in [5, 5.41) is 2.60. The van der Waals surface area contributed by atoms with Gasteiger partial charge in [-0.05, 0) is 48.0 Å². The summed E-state index contributed by atoms with van der Waals surface area (Å²) in [6.07, 6.45) is 0.0978. The van der Waals surface area contributed by atoms with Crippen molar-refractivity contribution in [3.05, 3.63) is 59.4 Å². The van der Waals surface area contributed by atoms with Gasteiger partial charge in [-0.1, -0.05) is 0 Å². The van der Waals surface area contributed by atoms with Crippen molar-refractivity contribution in [3.63, 3.8) is 0 Å². The summed E-state index contributed by atoms with van der Waals surface area (Å²) in [4.78, 5) is 25.0. The molecule has 0 bridgehead atoms. The van der Waals surface area contributed by atoms with E-state index in [1.807, 2.05) is 4.83 Å². The molecule has 0 atom stereocenters. The number of anilines is 1. The van der Waals surface area contributed by atoms with Crippen molar-refractivity contribution in [2.24, 2.45) is 0 Å². The fourth-order valence-corrected chi connectivity index (χ4v) is 3.11. The molecule has 1 aliphatic rings. The second-order valence-corrected chi connectivity index (χ2v) is 6.79. The molecule has 1 heterocycles. The average molecular weight is 349 g/mol. The van der Waals surface area contributed by atoms with E-state index in [4.69, 9.17) is 0 Å². The van der Waals surface area contributed by atoms with Crippen LogP contribution in [-0.2, 0) is 21.2 Å². The largest absolute Gasteiger partial charge is 0.326 e. The molecule has 2 aromatic rings. The fourth-order valence-electron chi connectivity index (χ4n) is 2.22. The van der Waals surface area contributed by atoms with Crippen LogP contribution in [0.2, 0.25) is 0 Å². The number of carbonyl (C=O) groups excluding carboxylic acids is 2. The van der Waals surface area contributed by atoms with Crippen molar-refractivity contribution in [2.45, 2.75) is 11.3 Å². The molecule has 2 amide bonds. The molecule has 0 saturated heterocycles. The van der Waals surface area contributed by atoms with Gasteiger partial charge in [0, 0.05) is 11.3 Å². The van der Waals surface area contributed by atoms with Gasteiger partial charge >= 0.3 is 0 Å². The topological polar surface area (TPSA) is 104 Å². The Hall–Kier alpha value is -2.78. The van der Waals surface area contributed by atoms with Crippen molar-refractivity contribution in [1.29, 1.82) is 0 Å². The Labute approximate surface area is 136 Å². The van der Waals surface area contributed by atoms with Crippen LogP contribution in [-0.4, -0.2) is 20.2 Å². The van der Waals surface area contributed by atoms with Gasteiger partial charge in [0.1, 0.15) is 5.82 Å². The van der Waals surface area contributed by atoms with E-state index in [0.717, 1.165) is 12.1 Å². The Bertz CT molecular complexity index is 926. The summed E-state index contributed by atoms with van der Waals surface area (Å²) in [6, 6.07) is 8.80. The predicted molar refractivity (Wildman–Crippen MR) is 83.0 cm³/mol. The van der Waals surface area contributed by atoms with Crippen LogP contribution in [0.1, 0.15) is 15.9 Å². The van der Waals surface area contributed by atoms with E-state index in [9.17, 15) is 22.4 Å². The van der Waals surface area contributed by atoms with E-state index < -0.39 is 21.7 Å². The number of hydrogen-bond acceptors (Lipinski definition) is 4. The minimum Gasteiger partial charge on any atom is -0.326 e. The number of hydrogen-bond donors (Lipinski definition) is 3. The van der Waals surface area contributed by atoms with Crippen LogP contribution in [0, 0.1) is 5.82 Å². The lowest BCUT2D eigenvalue weighted by Crippen LogP contribution is -2.41. The van der Waals surface area contributed by atoms with E-state index >= 15 is 0 Å². The lowest BCUT2D eigenvalue weighted by molar-refractivity contribution is -0.115. The number of benzene rings is 2. The van der Waals surface area contributed by atoms with Gasteiger partial charge in [0.15, 0.2) is 0 Å². The maximum absolute atomic E-state index is 12.8. The summed E-state index contributed by atoms with van der Waals surface area (Å²) in [6.45, 7) is 0. The van der Waals surface area contributed by atoms with E-state index in [0.29, 0.717) is 11.3 Å².